The van der Waals surface area contributed by atoms with E-state index in [4.69, 9.17) is 14.2 Å². The zero-order chi connectivity index (χ0) is 24.3. The number of ether oxygens (including phenoxy) is 3. The predicted octanol–water partition coefficient (Wildman–Crippen LogP) is 4.11. The van der Waals surface area contributed by atoms with Crippen LogP contribution in [-0.4, -0.2) is 46.2 Å². The number of nitrogens with one attached hydrogen (secondary N) is 1. The van der Waals surface area contributed by atoms with Crippen LogP contribution in [0.4, 0.5) is 5.69 Å². The number of hydrogen-bond acceptors (Lipinski definition) is 5. The fourth-order valence-corrected chi connectivity index (χ4v) is 3.62. The molecule has 34 heavy (non-hydrogen) atoms. The number of para-hydroxylation sites is 1. The topological polar surface area (TPSA) is 77.1 Å². The highest BCUT2D eigenvalue weighted by Gasteiger charge is 2.18. The average Bonchev–Trinajstić information content (AvgIpc) is 2.88. The van der Waals surface area contributed by atoms with Crippen molar-refractivity contribution >= 4 is 17.5 Å². The molecular formula is C27H30N2O5. The third-order valence-electron chi connectivity index (χ3n) is 5.34. The van der Waals surface area contributed by atoms with Gasteiger partial charge in [-0.3, -0.25) is 9.59 Å². The molecule has 1 N–H and O–H groups in total. The van der Waals surface area contributed by atoms with Gasteiger partial charge in [0.1, 0.15) is 0 Å². The fourth-order valence-electron chi connectivity index (χ4n) is 3.62. The van der Waals surface area contributed by atoms with Gasteiger partial charge in [0.2, 0.25) is 11.7 Å². The Bertz CT molecular complexity index is 1060. The van der Waals surface area contributed by atoms with E-state index in [1.165, 1.54) is 21.3 Å². The highest BCUT2D eigenvalue weighted by Crippen LogP contribution is 2.38. The monoisotopic (exact) mass is 462 g/mol. The van der Waals surface area contributed by atoms with Crippen LogP contribution >= 0.6 is 0 Å². The first-order chi connectivity index (χ1) is 16.6. The van der Waals surface area contributed by atoms with E-state index < -0.39 is 0 Å². The Morgan fingerprint density at radius 1 is 0.824 bits per heavy atom. The number of anilines is 1. The summed E-state index contributed by atoms with van der Waals surface area (Å²) in [5.74, 6) is 0.994. The lowest BCUT2D eigenvalue weighted by atomic mass is 10.1. The van der Waals surface area contributed by atoms with Gasteiger partial charge in [0.25, 0.3) is 5.91 Å². The number of carbonyl (C=O) groups excluding carboxylic acids is 2. The van der Waals surface area contributed by atoms with E-state index in [0.29, 0.717) is 48.7 Å². The van der Waals surface area contributed by atoms with Gasteiger partial charge in [-0.25, -0.2) is 0 Å². The first kappa shape index (κ1) is 24.6. The van der Waals surface area contributed by atoms with Crippen LogP contribution in [0.2, 0.25) is 0 Å². The summed E-state index contributed by atoms with van der Waals surface area (Å²) in [6, 6.07) is 22.4. The van der Waals surface area contributed by atoms with Crippen molar-refractivity contribution in [3.63, 3.8) is 0 Å². The van der Waals surface area contributed by atoms with E-state index in [1.54, 1.807) is 17.0 Å². The third-order valence-corrected chi connectivity index (χ3v) is 5.34. The van der Waals surface area contributed by atoms with Gasteiger partial charge >= 0.3 is 0 Å². The second-order valence-electron chi connectivity index (χ2n) is 7.57. The molecule has 0 aliphatic rings. The zero-order valence-corrected chi connectivity index (χ0v) is 19.7. The van der Waals surface area contributed by atoms with Gasteiger partial charge in [-0.2, -0.15) is 0 Å². The fraction of sp³-hybridized carbons (Fsp3) is 0.259. The molecule has 3 rings (SSSR count). The van der Waals surface area contributed by atoms with Crippen LogP contribution in [-0.2, 0) is 11.2 Å². The quantitative estimate of drug-likeness (QED) is 0.434. The molecule has 0 heterocycles. The first-order valence-electron chi connectivity index (χ1n) is 11.0. The Morgan fingerprint density at radius 2 is 1.41 bits per heavy atom. The third kappa shape index (κ3) is 6.28. The molecule has 3 aromatic rings. The van der Waals surface area contributed by atoms with Gasteiger partial charge in [0, 0.05) is 24.3 Å². The summed E-state index contributed by atoms with van der Waals surface area (Å²) < 4.78 is 15.9. The maximum Gasteiger partial charge on any atom is 0.251 e. The summed E-state index contributed by atoms with van der Waals surface area (Å²) >= 11 is 0. The largest absolute Gasteiger partial charge is 0.493 e. The summed E-state index contributed by atoms with van der Waals surface area (Å²) in [5, 5.41) is 2.91. The molecule has 2 amide bonds. The van der Waals surface area contributed by atoms with E-state index >= 15 is 0 Å². The smallest absolute Gasteiger partial charge is 0.251 e. The SMILES string of the molecule is COc1cc(C(=O)NCCCN(C(=O)Cc2ccccc2)c2ccccc2)cc(OC)c1OC. The molecule has 0 spiro atoms. The molecule has 0 saturated carbocycles. The van der Waals surface area contributed by atoms with Crippen LogP contribution in [0.5, 0.6) is 17.2 Å². The second-order valence-corrected chi connectivity index (χ2v) is 7.57. The number of nitrogens with zero attached hydrogens (tertiary/aromatic N) is 1. The highest BCUT2D eigenvalue weighted by molar-refractivity contribution is 5.96. The highest BCUT2D eigenvalue weighted by atomic mass is 16.5. The number of methoxy groups -OCH3 is 3. The Balaban J connectivity index is 1.63. The zero-order valence-electron chi connectivity index (χ0n) is 19.7. The van der Waals surface area contributed by atoms with Gasteiger partial charge in [-0.15, -0.1) is 0 Å². The van der Waals surface area contributed by atoms with Gasteiger partial charge in [0.05, 0.1) is 27.8 Å². The lowest BCUT2D eigenvalue weighted by Gasteiger charge is -2.23. The standard InChI is InChI=1S/C27H30N2O5/c1-32-23-18-21(19-24(33-2)26(23)34-3)27(31)28-15-10-16-29(22-13-8-5-9-14-22)25(30)17-20-11-6-4-7-12-20/h4-9,11-14,18-19H,10,15-17H2,1-3H3,(H,28,31). The summed E-state index contributed by atoms with van der Waals surface area (Å²) in [6.07, 6.45) is 0.902. The number of carbonyl (C=O) groups is 2. The molecule has 0 aliphatic carbocycles. The molecule has 0 radical (unpaired) electrons. The Hall–Kier alpha value is -4.00. The summed E-state index contributed by atoms with van der Waals surface area (Å²) in [7, 11) is 4.52. The van der Waals surface area contributed by atoms with Crippen LogP contribution < -0.4 is 24.4 Å². The molecule has 178 valence electrons. The predicted molar refractivity (Wildman–Crippen MR) is 132 cm³/mol. The summed E-state index contributed by atoms with van der Waals surface area (Å²) in [6.45, 7) is 0.878. The van der Waals surface area contributed by atoms with Crippen molar-refractivity contribution in [1.29, 1.82) is 0 Å². The van der Waals surface area contributed by atoms with Crippen LogP contribution in [0, 0.1) is 0 Å². The van der Waals surface area contributed by atoms with Gasteiger partial charge in [0.15, 0.2) is 11.5 Å². The van der Waals surface area contributed by atoms with Gasteiger partial charge in [-0.05, 0) is 36.2 Å². The lowest BCUT2D eigenvalue weighted by Crippen LogP contribution is -2.35. The number of rotatable bonds is 11. The van der Waals surface area contributed by atoms with E-state index in [9.17, 15) is 9.59 Å². The van der Waals surface area contributed by atoms with Crippen molar-refractivity contribution in [1.82, 2.24) is 5.32 Å². The number of hydrogen-bond donors (Lipinski definition) is 1. The normalized spacial score (nSPS) is 10.3. The Morgan fingerprint density at radius 3 is 1.97 bits per heavy atom. The summed E-state index contributed by atoms with van der Waals surface area (Å²) in [4.78, 5) is 27.6. The van der Waals surface area contributed by atoms with Crippen molar-refractivity contribution in [2.24, 2.45) is 0 Å². The van der Waals surface area contributed by atoms with E-state index in [0.717, 1.165) is 11.3 Å². The molecular weight excluding hydrogens is 432 g/mol. The number of amides is 2. The maximum atomic E-state index is 13.1. The van der Waals surface area contributed by atoms with Gasteiger partial charge < -0.3 is 24.4 Å². The number of benzene rings is 3. The molecule has 0 saturated heterocycles. The molecule has 7 heteroatoms. The molecule has 0 aromatic heterocycles. The Kier molecular flexibility index (Phi) is 8.91. The van der Waals surface area contributed by atoms with Crippen LogP contribution in [0.3, 0.4) is 0 Å². The van der Waals surface area contributed by atoms with Crippen molar-refractivity contribution in [3.05, 3.63) is 83.9 Å². The van der Waals surface area contributed by atoms with Crippen molar-refractivity contribution < 1.29 is 23.8 Å². The molecule has 7 nitrogen and oxygen atoms in total. The van der Waals surface area contributed by atoms with Gasteiger partial charge in [-0.1, -0.05) is 48.5 Å². The second kappa shape index (κ2) is 12.3. The van der Waals surface area contributed by atoms with E-state index in [-0.39, 0.29) is 11.8 Å². The summed E-state index contributed by atoms with van der Waals surface area (Å²) in [5.41, 5.74) is 2.19. The van der Waals surface area contributed by atoms with Crippen LogP contribution in [0.15, 0.2) is 72.8 Å². The van der Waals surface area contributed by atoms with Crippen LogP contribution in [0.25, 0.3) is 0 Å². The van der Waals surface area contributed by atoms with Crippen LogP contribution in [0.1, 0.15) is 22.3 Å². The molecule has 0 fully saturated rings. The minimum Gasteiger partial charge on any atom is -0.493 e. The molecule has 0 aliphatic heterocycles. The van der Waals surface area contributed by atoms with E-state index in [1.807, 2.05) is 60.7 Å². The Labute approximate surface area is 200 Å². The molecule has 3 aromatic carbocycles. The minimum atomic E-state index is -0.263. The van der Waals surface area contributed by atoms with Crippen molar-refractivity contribution in [3.8, 4) is 17.2 Å². The average molecular weight is 463 g/mol. The molecule has 0 atom stereocenters. The minimum absolute atomic E-state index is 0.00773. The molecule has 0 bridgehead atoms. The molecule has 0 unspecified atom stereocenters. The van der Waals surface area contributed by atoms with E-state index in [2.05, 4.69) is 5.32 Å². The first-order valence-corrected chi connectivity index (χ1v) is 11.0. The lowest BCUT2D eigenvalue weighted by molar-refractivity contribution is -0.118. The maximum absolute atomic E-state index is 13.1. The van der Waals surface area contributed by atoms with Crippen molar-refractivity contribution in [2.45, 2.75) is 12.8 Å². The van der Waals surface area contributed by atoms with Crippen molar-refractivity contribution in [2.75, 3.05) is 39.3 Å².